The molecule has 9 heteroatoms. The first-order chi connectivity index (χ1) is 17.0. The fourth-order valence-electron chi connectivity index (χ4n) is 4.10. The van der Waals surface area contributed by atoms with Gasteiger partial charge in [0.1, 0.15) is 23.3 Å². The summed E-state index contributed by atoms with van der Waals surface area (Å²) in [5.74, 6) is 2.75. The molecule has 1 fully saturated rings. The Bertz CT molecular complexity index is 1390. The van der Waals surface area contributed by atoms with E-state index in [4.69, 9.17) is 0 Å². The Kier molecular flexibility index (Phi) is 6.43. The number of benzene rings is 2. The van der Waals surface area contributed by atoms with E-state index in [1.807, 2.05) is 73.7 Å². The number of aromatic nitrogens is 3. The van der Waals surface area contributed by atoms with Crippen molar-refractivity contribution in [1.29, 1.82) is 0 Å². The monoisotopic (exact) mass is 486 g/mol. The van der Waals surface area contributed by atoms with Gasteiger partial charge in [0.2, 0.25) is 10.0 Å². The SMILES string of the molecule is Cc1nc(Nc2ccccn2)cc(N2CCN(S(=O)(=O)c3ccc(-c4ccccc4)cc3)CC2)n1. The highest BCUT2D eigenvalue weighted by molar-refractivity contribution is 7.89. The molecular formula is C26H26N6O2S. The van der Waals surface area contributed by atoms with E-state index in [0.717, 1.165) is 16.9 Å². The molecule has 0 spiro atoms. The highest BCUT2D eigenvalue weighted by atomic mass is 32.2. The van der Waals surface area contributed by atoms with Crippen LogP contribution in [0.1, 0.15) is 5.82 Å². The van der Waals surface area contributed by atoms with Gasteiger partial charge >= 0.3 is 0 Å². The summed E-state index contributed by atoms with van der Waals surface area (Å²) in [5.41, 5.74) is 2.05. The van der Waals surface area contributed by atoms with E-state index >= 15 is 0 Å². The Balaban J connectivity index is 1.27. The lowest BCUT2D eigenvalue weighted by Crippen LogP contribution is -2.49. The van der Waals surface area contributed by atoms with Crippen LogP contribution in [0.15, 0.2) is 90.0 Å². The Morgan fingerprint density at radius 3 is 2.14 bits per heavy atom. The van der Waals surface area contributed by atoms with Crippen LogP contribution in [0.5, 0.6) is 0 Å². The zero-order chi connectivity index (χ0) is 24.3. The standard InChI is InChI=1S/C26H26N6O2S/c1-20-28-25(30-24-9-5-6-14-27-24)19-26(29-20)31-15-17-32(18-16-31)35(33,34)23-12-10-22(11-13-23)21-7-3-2-4-8-21/h2-14,19H,15-18H2,1H3,(H,27,28,29,30). The first-order valence-electron chi connectivity index (χ1n) is 11.4. The molecule has 0 bridgehead atoms. The minimum absolute atomic E-state index is 0.311. The molecule has 0 saturated carbocycles. The van der Waals surface area contributed by atoms with Gasteiger partial charge in [0.25, 0.3) is 0 Å². The van der Waals surface area contributed by atoms with E-state index in [2.05, 4.69) is 25.2 Å². The van der Waals surface area contributed by atoms with Crippen molar-refractivity contribution in [3.8, 4) is 11.1 Å². The molecule has 1 aliphatic heterocycles. The summed E-state index contributed by atoms with van der Waals surface area (Å²) in [5, 5.41) is 3.20. The molecule has 178 valence electrons. The van der Waals surface area contributed by atoms with Gasteiger partial charge in [-0.05, 0) is 42.3 Å². The number of hydrogen-bond donors (Lipinski definition) is 1. The lowest BCUT2D eigenvalue weighted by atomic mass is 10.1. The van der Waals surface area contributed by atoms with Gasteiger partial charge < -0.3 is 10.2 Å². The molecule has 0 radical (unpaired) electrons. The number of nitrogens with one attached hydrogen (secondary N) is 1. The molecule has 2 aromatic carbocycles. The van der Waals surface area contributed by atoms with Gasteiger partial charge in [-0.15, -0.1) is 0 Å². The minimum atomic E-state index is -3.57. The average Bonchev–Trinajstić information content (AvgIpc) is 2.90. The summed E-state index contributed by atoms with van der Waals surface area (Å²) < 4.78 is 28.1. The lowest BCUT2D eigenvalue weighted by Gasteiger charge is -2.34. The third-order valence-electron chi connectivity index (χ3n) is 5.91. The minimum Gasteiger partial charge on any atom is -0.354 e. The van der Waals surface area contributed by atoms with Crippen molar-refractivity contribution in [1.82, 2.24) is 19.3 Å². The highest BCUT2D eigenvalue weighted by Crippen LogP contribution is 2.25. The van der Waals surface area contributed by atoms with Crippen LogP contribution in [0, 0.1) is 6.92 Å². The van der Waals surface area contributed by atoms with E-state index in [0.29, 0.717) is 48.5 Å². The summed E-state index contributed by atoms with van der Waals surface area (Å²) in [6.45, 7) is 3.69. The number of hydrogen-bond acceptors (Lipinski definition) is 7. The second-order valence-electron chi connectivity index (χ2n) is 8.28. The van der Waals surface area contributed by atoms with Gasteiger partial charge in [0.15, 0.2) is 0 Å². The molecule has 0 amide bonds. The topological polar surface area (TPSA) is 91.3 Å². The smallest absolute Gasteiger partial charge is 0.243 e. The van der Waals surface area contributed by atoms with E-state index in [1.165, 1.54) is 0 Å². The first-order valence-corrected chi connectivity index (χ1v) is 12.9. The second kappa shape index (κ2) is 9.81. The van der Waals surface area contributed by atoms with Gasteiger partial charge in [-0.1, -0.05) is 48.5 Å². The van der Waals surface area contributed by atoms with Crippen LogP contribution in [-0.4, -0.2) is 53.9 Å². The Hall–Kier alpha value is -3.82. The zero-order valence-corrected chi connectivity index (χ0v) is 20.2. The van der Waals surface area contributed by atoms with E-state index < -0.39 is 10.0 Å². The van der Waals surface area contributed by atoms with Gasteiger partial charge in [0, 0.05) is 38.4 Å². The molecule has 0 aliphatic carbocycles. The molecule has 1 N–H and O–H groups in total. The molecule has 3 heterocycles. The van der Waals surface area contributed by atoms with Crippen LogP contribution >= 0.6 is 0 Å². The van der Waals surface area contributed by atoms with Crippen LogP contribution in [0.4, 0.5) is 17.5 Å². The Morgan fingerprint density at radius 2 is 1.46 bits per heavy atom. The van der Waals surface area contributed by atoms with Gasteiger partial charge in [-0.25, -0.2) is 23.4 Å². The van der Waals surface area contributed by atoms with Crippen LogP contribution in [0.3, 0.4) is 0 Å². The van der Waals surface area contributed by atoms with Crippen LogP contribution < -0.4 is 10.2 Å². The van der Waals surface area contributed by atoms with E-state index in [-0.39, 0.29) is 0 Å². The Labute approximate surface area is 205 Å². The molecule has 5 rings (SSSR count). The quantitative estimate of drug-likeness (QED) is 0.439. The molecule has 2 aromatic heterocycles. The van der Waals surface area contributed by atoms with Crippen LogP contribution in [0.2, 0.25) is 0 Å². The molecule has 1 saturated heterocycles. The van der Waals surface area contributed by atoms with Gasteiger partial charge in [-0.2, -0.15) is 4.31 Å². The maximum atomic E-state index is 13.3. The average molecular weight is 487 g/mol. The number of nitrogens with zero attached hydrogens (tertiary/aromatic N) is 5. The molecular weight excluding hydrogens is 460 g/mol. The van der Waals surface area contributed by atoms with E-state index in [1.54, 1.807) is 22.6 Å². The molecule has 35 heavy (non-hydrogen) atoms. The summed E-state index contributed by atoms with van der Waals surface area (Å²) in [6, 6.07) is 24.5. The number of pyridine rings is 1. The molecule has 1 aliphatic rings. The highest BCUT2D eigenvalue weighted by Gasteiger charge is 2.29. The summed E-state index contributed by atoms with van der Waals surface area (Å²) >= 11 is 0. The summed E-state index contributed by atoms with van der Waals surface area (Å²) in [6.07, 6.45) is 1.71. The molecule has 4 aromatic rings. The van der Waals surface area contributed by atoms with Crippen molar-refractivity contribution < 1.29 is 8.42 Å². The third-order valence-corrected chi connectivity index (χ3v) is 7.82. The van der Waals surface area contributed by atoms with Crippen molar-refractivity contribution in [2.45, 2.75) is 11.8 Å². The Morgan fingerprint density at radius 1 is 0.771 bits per heavy atom. The fourth-order valence-corrected chi connectivity index (χ4v) is 5.52. The molecule has 8 nitrogen and oxygen atoms in total. The van der Waals surface area contributed by atoms with Crippen LogP contribution in [0.25, 0.3) is 11.1 Å². The first kappa shape index (κ1) is 22.9. The largest absolute Gasteiger partial charge is 0.354 e. The number of anilines is 3. The van der Waals surface area contributed by atoms with Crippen molar-refractivity contribution in [2.75, 3.05) is 36.4 Å². The van der Waals surface area contributed by atoms with Crippen molar-refractivity contribution in [3.05, 3.63) is 90.9 Å². The maximum absolute atomic E-state index is 13.3. The fraction of sp³-hybridized carbons (Fsp3) is 0.192. The number of rotatable bonds is 6. The summed E-state index contributed by atoms with van der Waals surface area (Å²) in [7, 11) is -3.57. The van der Waals surface area contributed by atoms with Crippen LogP contribution in [-0.2, 0) is 10.0 Å². The van der Waals surface area contributed by atoms with Gasteiger partial charge in [-0.3, -0.25) is 0 Å². The predicted molar refractivity (Wildman–Crippen MR) is 137 cm³/mol. The van der Waals surface area contributed by atoms with Crippen molar-refractivity contribution in [3.63, 3.8) is 0 Å². The third kappa shape index (κ3) is 5.16. The lowest BCUT2D eigenvalue weighted by molar-refractivity contribution is 0.383. The second-order valence-corrected chi connectivity index (χ2v) is 10.2. The predicted octanol–water partition coefficient (Wildman–Crippen LogP) is 4.10. The number of sulfonamides is 1. The number of piperazine rings is 1. The normalized spacial score (nSPS) is 14.6. The zero-order valence-electron chi connectivity index (χ0n) is 19.4. The van der Waals surface area contributed by atoms with E-state index in [9.17, 15) is 8.42 Å². The van der Waals surface area contributed by atoms with Crippen molar-refractivity contribution >= 4 is 27.5 Å². The maximum Gasteiger partial charge on any atom is 0.243 e. The van der Waals surface area contributed by atoms with Gasteiger partial charge in [0.05, 0.1) is 4.90 Å². The summed E-state index contributed by atoms with van der Waals surface area (Å²) in [4.78, 5) is 15.7. The number of aryl methyl sites for hydroxylation is 1. The molecule has 0 atom stereocenters. The van der Waals surface area contributed by atoms with Crippen molar-refractivity contribution in [2.24, 2.45) is 0 Å². The molecule has 0 unspecified atom stereocenters.